The Balaban J connectivity index is 2.30. The minimum Gasteiger partial charge on any atom is -0.506 e. The molecule has 0 radical (unpaired) electrons. The molecular weight excluding hydrogens is 308 g/mol. The minimum absolute atomic E-state index is 0.0256. The van der Waals surface area contributed by atoms with Gasteiger partial charge in [0, 0.05) is 10.0 Å². The Morgan fingerprint density at radius 3 is 2.68 bits per heavy atom. The molecule has 0 spiro atoms. The van der Waals surface area contributed by atoms with Crippen molar-refractivity contribution in [1.82, 2.24) is 0 Å². The van der Waals surface area contributed by atoms with Crippen LogP contribution in [0.3, 0.4) is 0 Å². The van der Waals surface area contributed by atoms with E-state index < -0.39 is 0 Å². The summed E-state index contributed by atoms with van der Waals surface area (Å²) in [6.45, 7) is 1.50. The van der Waals surface area contributed by atoms with E-state index in [1.807, 2.05) is 0 Å². The summed E-state index contributed by atoms with van der Waals surface area (Å²) in [5.74, 6) is 0.0250. The van der Waals surface area contributed by atoms with Gasteiger partial charge in [0.2, 0.25) is 0 Å². The van der Waals surface area contributed by atoms with Gasteiger partial charge in [-0.05, 0) is 37.3 Å². The molecule has 1 N–H and O–H groups in total. The van der Waals surface area contributed by atoms with Crippen molar-refractivity contribution in [2.24, 2.45) is 10.2 Å². The molecule has 0 bridgehead atoms. The Labute approximate surface area is 118 Å². The van der Waals surface area contributed by atoms with Crippen LogP contribution in [0.4, 0.5) is 11.4 Å². The first-order chi connectivity index (χ1) is 9.06. The normalized spacial score (nSPS) is 10.8. The number of aromatic hydroxyl groups is 1. The molecule has 0 saturated carbocycles. The average molecular weight is 319 g/mol. The zero-order valence-corrected chi connectivity index (χ0v) is 11.8. The summed E-state index contributed by atoms with van der Waals surface area (Å²) in [5.41, 5.74) is 1.50. The van der Waals surface area contributed by atoms with Gasteiger partial charge in [0.25, 0.3) is 0 Å². The zero-order valence-electron chi connectivity index (χ0n) is 10.2. The van der Waals surface area contributed by atoms with E-state index in [0.717, 1.165) is 4.47 Å². The van der Waals surface area contributed by atoms with E-state index in [1.165, 1.54) is 13.0 Å². The predicted octanol–water partition coefficient (Wildman–Crippen LogP) is 4.77. The molecule has 0 aliphatic carbocycles. The van der Waals surface area contributed by atoms with Crippen molar-refractivity contribution >= 4 is 33.1 Å². The van der Waals surface area contributed by atoms with Crippen molar-refractivity contribution in [2.75, 3.05) is 0 Å². The van der Waals surface area contributed by atoms with Crippen molar-refractivity contribution < 1.29 is 9.90 Å². The monoisotopic (exact) mass is 318 g/mol. The number of nitrogens with zero attached hydrogens (tertiary/aromatic N) is 2. The van der Waals surface area contributed by atoms with Gasteiger partial charge in [-0.25, -0.2) is 0 Å². The third-order valence-electron chi connectivity index (χ3n) is 2.46. The molecule has 0 aromatic heterocycles. The number of halogens is 1. The smallest absolute Gasteiger partial charge is 0.159 e. The average Bonchev–Trinajstić information content (AvgIpc) is 2.40. The topological polar surface area (TPSA) is 62.0 Å². The quantitative estimate of drug-likeness (QED) is 0.654. The Hall–Kier alpha value is -2.01. The molecule has 2 aromatic carbocycles. The second kappa shape index (κ2) is 5.75. The van der Waals surface area contributed by atoms with Crippen molar-refractivity contribution in [3.8, 4) is 5.75 Å². The Morgan fingerprint density at radius 2 is 1.95 bits per heavy atom. The van der Waals surface area contributed by atoms with Crippen LogP contribution in [0, 0.1) is 0 Å². The lowest BCUT2D eigenvalue weighted by Crippen LogP contribution is -1.89. The van der Waals surface area contributed by atoms with Gasteiger partial charge in [-0.2, -0.15) is 5.11 Å². The first kappa shape index (κ1) is 13.4. The largest absolute Gasteiger partial charge is 0.506 e. The molecule has 0 atom stereocenters. The van der Waals surface area contributed by atoms with E-state index in [9.17, 15) is 9.90 Å². The maximum Gasteiger partial charge on any atom is 0.159 e. The van der Waals surface area contributed by atoms with Crippen molar-refractivity contribution in [3.05, 3.63) is 52.5 Å². The van der Waals surface area contributed by atoms with Crippen LogP contribution in [0.2, 0.25) is 0 Å². The number of carbonyl (C=O) groups excluding carboxylic acids is 1. The first-order valence-electron chi connectivity index (χ1n) is 5.57. The molecule has 5 heteroatoms. The fourth-order valence-electron chi connectivity index (χ4n) is 1.48. The summed E-state index contributed by atoms with van der Waals surface area (Å²) in [5, 5.41) is 17.6. The summed E-state index contributed by atoms with van der Waals surface area (Å²) < 4.78 is 0.803. The molecule has 0 fully saturated rings. The lowest BCUT2D eigenvalue weighted by atomic mass is 10.1. The van der Waals surface area contributed by atoms with Crippen LogP contribution in [-0.4, -0.2) is 10.9 Å². The number of benzene rings is 2. The molecule has 96 valence electrons. The molecule has 2 rings (SSSR count). The molecule has 0 aliphatic heterocycles. The Kier molecular flexibility index (Phi) is 4.06. The number of rotatable bonds is 3. The van der Waals surface area contributed by atoms with E-state index >= 15 is 0 Å². The summed E-state index contributed by atoms with van der Waals surface area (Å²) in [6.07, 6.45) is 0. The first-order valence-corrected chi connectivity index (χ1v) is 6.37. The molecule has 0 amide bonds. The standard InChI is InChI=1S/C14H11BrN2O2/c1-9(18)10-3-2-4-12(7-10)16-17-13-8-11(15)5-6-14(13)19/h2-8,19H,1H3. The van der Waals surface area contributed by atoms with Gasteiger partial charge in [-0.1, -0.05) is 28.1 Å². The second-order valence-corrected chi connectivity index (χ2v) is 4.86. The maximum atomic E-state index is 11.3. The van der Waals surface area contributed by atoms with E-state index in [2.05, 4.69) is 26.2 Å². The van der Waals surface area contributed by atoms with Crippen LogP contribution in [-0.2, 0) is 0 Å². The highest BCUT2D eigenvalue weighted by Gasteiger charge is 2.02. The minimum atomic E-state index is -0.0256. The van der Waals surface area contributed by atoms with Gasteiger partial charge in [-0.15, -0.1) is 5.11 Å². The molecular formula is C14H11BrN2O2. The van der Waals surface area contributed by atoms with Crippen molar-refractivity contribution in [2.45, 2.75) is 6.92 Å². The second-order valence-electron chi connectivity index (χ2n) is 3.94. The predicted molar refractivity (Wildman–Crippen MR) is 76.4 cm³/mol. The molecule has 0 aliphatic rings. The van der Waals surface area contributed by atoms with Crippen LogP contribution in [0.5, 0.6) is 5.75 Å². The highest BCUT2D eigenvalue weighted by molar-refractivity contribution is 9.10. The van der Waals surface area contributed by atoms with Gasteiger partial charge < -0.3 is 5.11 Å². The number of Topliss-reactive ketones (excluding diaryl/α,β-unsaturated/α-hetero) is 1. The number of azo groups is 1. The van der Waals surface area contributed by atoms with E-state index in [0.29, 0.717) is 16.9 Å². The lowest BCUT2D eigenvalue weighted by molar-refractivity contribution is 0.101. The van der Waals surface area contributed by atoms with Crippen LogP contribution >= 0.6 is 15.9 Å². The number of carbonyl (C=O) groups is 1. The fourth-order valence-corrected chi connectivity index (χ4v) is 1.82. The number of ketones is 1. The molecule has 4 nitrogen and oxygen atoms in total. The van der Waals surface area contributed by atoms with E-state index in [1.54, 1.807) is 36.4 Å². The summed E-state index contributed by atoms with van der Waals surface area (Å²) in [6, 6.07) is 11.8. The van der Waals surface area contributed by atoms with E-state index in [4.69, 9.17) is 0 Å². The SMILES string of the molecule is CC(=O)c1cccc(N=Nc2cc(Br)ccc2O)c1. The highest BCUT2D eigenvalue weighted by Crippen LogP contribution is 2.31. The zero-order chi connectivity index (χ0) is 13.8. The number of hydrogen-bond donors (Lipinski definition) is 1. The van der Waals surface area contributed by atoms with Crippen LogP contribution in [0.1, 0.15) is 17.3 Å². The van der Waals surface area contributed by atoms with Crippen LogP contribution in [0.15, 0.2) is 57.2 Å². The molecule has 2 aromatic rings. The van der Waals surface area contributed by atoms with Gasteiger partial charge in [0.15, 0.2) is 5.78 Å². The summed E-state index contributed by atoms with van der Waals surface area (Å²) in [4.78, 5) is 11.3. The third-order valence-corrected chi connectivity index (χ3v) is 2.96. The van der Waals surface area contributed by atoms with Crippen molar-refractivity contribution in [3.63, 3.8) is 0 Å². The van der Waals surface area contributed by atoms with Crippen LogP contribution < -0.4 is 0 Å². The van der Waals surface area contributed by atoms with Crippen LogP contribution in [0.25, 0.3) is 0 Å². The van der Waals surface area contributed by atoms with Gasteiger partial charge in [0.05, 0.1) is 5.69 Å². The summed E-state index contributed by atoms with van der Waals surface area (Å²) >= 11 is 3.30. The van der Waals surface area contributed by atoms with Gasteiger partial charge >= 0.3 is 0 Å². The Morgan fingerprint density at radius 1 is 1.16 bits per heavy atom. The lowest BCUT2D eigenvalue weighted by Gasteiger charge is -1.99. The van der Waals surface area contributed by atoms with Gasteiger partial charge in [-0.3, -0.25) is 4.79 Å². The van der Waals surface area contributed by atoms with Crippen molar-refractivity contribution in [1.29, 1.82) is 0 Å². The summed E-state index contributed by atoms with van der Waals surface area (Å²) in [7, 11) is 0. The maximum absolute atomic E-state index is 11.3. The van der Waals surface area contributed by atoms with Gasteiger partial charge in [0.1, 0.15) is 11.4 Å². The number of phenols is 1. The van der Waals surface area contributed by atoms with E-state index in [-0.39, 0.29) is 11.5 Å². The molecule has 19 heavy (non-hydrogen) atoms. The highest BCUT2D eigenvalue weighted by atomic mass is 79.9. The Bertz CT molecular complexity index is 654. The number of phenolic OH excluding ortho intramolecular Hbond substituents is 1. The number of hydrogen-bond acceptors (Lipinski definition) is 4. The third kappa shape index (κ3) is 3.48. The molecule has 0 unspecified atom stereocenters. The molecule has 0 saturated heterocycles. The fraction of sp³-hybridized carbons (Fsp3) is 0.0714. The molecule has 0 heterocycles.